The van der Waals surface area contributed by atoms with Gasteiger partial charge in [0, 0.05) is 27.7 Å². The molecule has 7 heteroatoms. The summed E-state index contributed by atoms with van der Waals surface area (Å²) in [4.78, 5) is 3.70. The van der Waals surface area contributed by atoms with Gasteiger partial charge in [0.2, 0.25) is 0 Å². The van der Waals surface area contributed by atoms with Crippen LogP contribution in [-0.2, 0) is 6.42 Å². The number of aromatic nitrogens is 5. The number of H-pyrrole nitrogens is 1. The first-order chi connectivity index (χ1) is 17.7. The Labute approximate surface area is 214 Å². The summed E-state index contributed by atoms with van der Waals surface area (Å²) in [7, 11) is 0. The van der Waals surface area contributed by atoms with Crippen LogP contribution in [0.3, 0.4) is 0 Å². The van der Waals surface area contributed by atoms with Gasteiger partial charge in [0.05, 0.1) is 23.5 Å². The van der Waals surface area contributed by atoms with Crippen LogP contribution in [0.25, 0.3) is 66.6 Å². The summed E-state index contributed by atoms with van der Waals surface area (Å²) in [6.45, 7) is 4.49. The van der Waals surface area contributed by atoms with Gasteiger partial charge in [-0.15, -0.1) is 0 Å². The monoisotopic (exact) mass is 501 g/mol. The number of fused-ring (bicyclic) bond motifs is 5. The van der Waals surface area contributed by atoms with Crippen molar-refractivity contribution in [3.05, 3.63) is 82.4 Å². The van der Waals surface area contributed by atoms with Gasteiger partial charge in [-0.3, -0.25) is 0 Å². The minimum Gasteiger partial charge on any atom is -0.354 e. The smallest absolute Gasteiger partial charge is 0.114 e. The zero-order valence-electron chi connectivity index (χ0n) is 19.6. The number of benzene rings is 4. The number of hydrogen-bond acceptors (Lipinski definition) is 6. The van der Waals surface area contributed by atoms with Gasteiger partial charge in [-0.05, 0) is 89.2 Å². The second-order valence-electron chi connectivity index (χ2n) is 9.53. The lowest BCUT2D eigenvalue weighted by molar-refractivity contribution is 1.27. The van der Waals surface area contributed by atoms with Gasteiger partial charge in [-0.2, -0.15) is 17.5 Å². The second-order valence-corrected chi connectivity index (χ2v) is 10.6. The van der Waals surface area contributed by atoms with Crippen molar-refractivity contribution in [3.63, 3.8) is 0 Å². The fraction of sp³-hybridized carbons (Fsp3) is 0.103. The van der Waals surface area contributed by atoms with Crippen LogP contribution in [0.4, 0.5) is 0 Å². The molecule has 1 N–H and O–H groups in total. The molecule has 3 heterocycles. The molecule has 0 bridgehead atoms. The van der Waals surface area contributed by atoms with E-state index in [1.54, 1.807) is 0 Å². The lowest BCUT2D eigenvalue weighted by Crippen LogP contribution is -1.94. The number of nitrogens with zero attached hydrogens (tertiary/aromatic N) is 4. The average molecular weight is 502 g/mol. The summed E-state index contributed by atoms with van der Waals surface area (Å²) in [6, 6.07) is 19.4. The Bertz CT molecular complexity index is 2060. The fourth-order valence-corrected chi connectivity index (χ4v) is 6.88. The van der Waals surface area contributed by atoms with E-state index in [-0.39, 0.29) is 0 Å². The van der Waals surface area contributed by atoms with Gasteiger partial charge in [0.15, 0.2) is 0 Å². The van der Waals surface area contributed by atoms with E-state index < -0.39 is 0 Å². The van der Waals surface area contributed by atoms with Crippen molar-refractivity contribution in [2.24, 2.45) is 0 Å². The van der Waals surface area contributed by atoms with Crippen LogP contribution in [0, 0.1) is 13.8 Å². The standard InChI is InChI=1S/C29H19N5S2/c1-14-21-10-16(19-5-3-7-24-28(19)33-35-31-24)9-17(21)11-23-15(2)27-18(12-22(14)23)13-26(30-27)20-6-4-8-25-29(20)34-36-32-25/h3-9,11-13,30H,10H2,1-2H3. The number of nitrogens with one attached hydrogen (secondary N) is 1. The number of aryl methyl sites for hydroxylation is 2. The third kappa shape index (κ3) is 2.75. The predicted octanol–water partition coefficient (Wildman–Crippen LogP) is 7.71. The molecule has 0 atom stereocenters. The summed E-state index contributed by atoms with van der Waals surface area (Å²) in [5.41, 5.74) is 15.1. The molecule has 1 aliphatic rings. The molecule has 0 fully saturated rings. The Morgan fingerprint density at radius 3 is 2.22 bits per heavy atom. The van der Waals surface area contributed by atoms with Crippen LogP contribution in [-0.4, -0.2) is 22.5 Å². The van der Waals surface area contributed by atoms with Crippen molar-refractivity contribution in [2.75, 3.05) is 0 Å². The van der Waals surface area contributed by atoms with Crippen molar-refractivity contribution < 1.29 is 0 Å². The van der Waals surface area contributed by atoms with Gasteiger partial charge in [-0.25, -0.2) is 0 Å². The maximum Gasteiger partial charge on any atom is 0.114 e. The van der Waals surface area contributed by atoms with Crippen molar-refractivity contribution in [2.45, 2.75) is 20.3 Å². The van der Waals surface area contributed by atoms with E-state index in [4.69, 9.17) is 0 Å². The highest BCUT2D eigenvalue weighted by Crippen LogP contribution is 2.41. The van der Waals surface area contributed by atoms with E-state index in [9.17, 15) is 0 Å². The Kier molecular flexibility index (Phi) is 4.10. The molecule has 0 radical (unpaired) electrons. The highest BCUT2D eigenvalue weighted by molar-refractivity contribution is 7.00. The summed E-state index contributed by atoms with van der Waals surface area (Å²) < 4.78 is 18.0. The molecular formula is C29H19N5S2. The van der Waals surface area contributed by atoms with Gasteiger partial charge in [0.1, 0.15) is 22.1 Å². The van der Waals surface area contributed by atoms with E-state index in [0.717, 1.165) is 39.7 Å². The molecule has 172 valence electrons. The van der Waals surface area contributed by atoms with E-state index in [1.165, 1.54) is 78.5 Å². The average Bonchev–Trinajstić information content (AvgIpc) is 3.69. The summed E-state index contributed by atoms with van der Waals surface area (Å²) in [6.07, 6.45) is 3.26. The van der Waals surface area contributed by atoms with E-state index in [1.807, 2.05) is 12.1 Å². The molecule has 5 nitrogen and oxygen atoms in total. The Morgan fingerprint density at radius 2 is 1.44 bits per heavy atom. The fourth-order valence-electron chi connectivity index (χ4n) is 5.78. The van der Waals surface area contributed by atoms with Crippen molar-refractivity contribution >= 4 is 78.8 Å². The van der Waals surface area contributed by atoms with Crippen LogP contribution in [0.2, 0.25) is 0 Å². The Hall–Kier alpha value is -3.94. The van der Waals surface area contributed by atoms with Gasteiger partial charge < -0.3 is 4.98 Å². The van der Waals surface area contributed by atoms with E-state index in [2.05, 4.69) is 84.9 Å². The number of allylic oxidation sites excluding steroid dienone is 1. The maximum absolute atomic E-state index is 4.57. The molecule has 4 aromatic carbocycles. The van der Waals surface area contributed by atoms with Crippen LogP contribution in [0.15, 0.2) is 54.6 Å². The van der Waals surface area contributed by atoms with Gasteiger partial charge >= 0.3 is 0 Å². The SMILES string of the molecule is Cc1c2c(cc3c(C)c4[nH]c(-c5cccc6nsnc56)cc4cc13)C=C(c1cccc3nsnc13)C2. The van der Waals surface area contributed by atoms with Crippen molar-refractivity contribution in [1.29, 1.82) is 0 Å². The molecule has 36 heavy (non-hydrogen) atoms. The first-order valence-corrected chi connectivity index (χ1v) is 13.3. The van der Waals surface area contributed by atoms with Crippen LogP contribution in [0.1, 0.15) is 27.8 Å². The molecule has 3 aromatic heterocycles. The summed E-state index contributed by atoms with van der Waals surface area (Å²) in [5, 5.41) is 3.84. The molecule has 8 rings (SSSR count). The first-order valence-electron chi connectivity index (χ1n) is 11.9. The van der Waals surface area contributed by atoms with Crippen LogP contribution >= 0.6 is 23.5 Å². The lowest BCUT2D eigenvalue weighted by Gasteiger charge is -2.12. The van der Waals surface area contributed by atoms with Gasteiger partial charge in [-0.1, -0.05) is 30.3 Å². The van der Waals surface area contributed by atoms with Crippen molar-refractivity contribution in [1.82, 2.24) is 22.5 Å². The van der Waals surface area contributed by atoms with E-state index in [0.29, 0.717) is 0 Å². The number of aromatic amines is 1. The third-order valence-electron chi connectivity index (χ3n) is 7.63. The van der Waals surface area contributed by atoms with Crippen LogP contribution < -0.4 is 0 Å². The zero-order valence-corrected chi connectivity index (χ0v) is 21.2. The van der Waals surface area contributed by atoms with Gasteiger partial charge in [0.25, 0.3) is 0 Å². The molecule has 0 spiro atoms. The highest BCUT2D eigenvalue weighted by atomic mass is 32.1. The molecule has 0 aliphatic heterocycles. The van der Waals surface area contributed by atoms with E-state index >= 15 is 0 Å². The molecule has 0 unspecified atom stereocenters. The summed E-state index contributed by atoms with van der Waals surface area (Å²) >= 11 is 2.54. The Morgan fingerprint density at radius 1 is 0.750 bits per heavy atom. The zero-order chi connectivity index (χ0) is 24.0. The van der Waals surface area contributed by atoms with Crippen molar-refractivity contribution in [3.8, 4) is 11.3 Å². The molecular weight excluding hydrogens is 482 g/mol. The molecule has 7 aromatic rings. The quantitative estimate of drug-likeness (QED) is 0.263. The Balaban J connectivity index is 1.31. The third-order valence-corrected chi connectivity index (χ3v) is 8.71. The summed E-state index contributed by atoms with van der Waals surface area (Å²) in [5.74, 6) is 0. The lowest BCUT2D eigenvalue weighted by atomic mass is 9.92. The largest absolute Gasteiger partial charge is 0.354 e. The predicted molar refractivity (Wildman–Crippen MR) is 151 cm³/mol. The molecule has 1 aliphatic carbocycles. The van der Waals surface area contributed by atoms with Crippen LogP contribution in [0.5, 0.6) is 0 Å². The minimum atomic E-state index is 0.919. The highest BCUT2D eigenvalue weighted by Gasteiger charge is 2.22. The molecule has 0 saturated heterocycles. The molecule has 0 saturated carbocycles. The first kappa shape index (κ1) is 20.3. The second kappa shape index (κ2) is 7.29. The molecule has 0 amide bonds. The normalized spacial score (nSPS) is 13.3. The number of hydrogen-bond donors (Lipinski definition) is 1. The maximum atomic E-state index is 4.57. The number of rotatable bonds is 2. The topological polar surface area (TPSA) is 67.3 Å². The minimum absolute atomic E-state index is 0.919.